The molecule has 0 saturated carbocycles. The molecular formula is C32H53N6O2+. The quantitative estimate of drug-likeness (QED) is 0.345. The number of aliphatic hydroxyl groups excluding tert-OH is 1. The van der Waals surface area contributed by atoms with Crippen LogP contribution in [0.25, 0.3) is 0 Å². The Bertz CT molecular complexity index is 1140. The van der Waals surface area contributed by atoms with Crippen LogP contribution in [-0.2, 0) is 4.79 Å². The molecule has 1 N–H and O–H groups in total. The zero-order chi connectivity index (χ0) is 28.9. The lowest BCUT2D eigenvalue weighted by Gasteiger charge is -2.34. The van der Waals surface area contributed by atoms with Gasteiger partial charge in [-0.2, -0.15) is 4.58 Å². The van der Waals surface area contributed by atoms with E-state index in [1.807, 2.05) is 0 Å². The summed E-state index contributed by atoms with van der Waals surface area (Å²) in [5.74, 6) is 0.669. The molecule has 8 nitrogen and oxygen atoms in total. The average molecular weight is 554 g/mol. The number of carbonyl (C=O) groups excluding carboxylic acids is 1. The molecule has 3 saturated heterocycles. The van der Waals surface area contributed by atoms with Crippen molar-refractivity contribution in [1.82, 2.24) is 24.9 Å². The molecule has 1 aliphatic carbocycles. The molecule has 4 unspecified atom stereocenters. The maximum Gasteiger partial charge on any atom is 0.197 e. The number of rotatable bonds is 9. The van der Waals surface area contributed by atoms with E-state index in [-0.39, 0.29) is 23.5 Å². The van der Waals surface area contributed by atoms with Gasteiger partial charge in [-0.25, -0.2) is 20.0 Å². The second kappa shape index (κ2) is 11.8. The Balaban J connectivity index is 1.33. The number of Topliss-reactive ketones (excluding diaryl/α,β-unsaturated/α-hetero) is 1. The topological polar surface area (TPSA) is 56.5 Å². The number of carbonyl (C=O) groups is 1. The highest BCUT2D eigenvalue weighted by Crippen LogP contribution is 2.48. The highest BCUT2D eigenvalue weighted by atomic mass is 16.3. The van der Waals surface area contributed by atoms with E-state index in [4.69, 9.17) is 0 Å². The molecule has 8 heteroatoms. The Kier molecular flexibility index (Phi) is 8.75. The van der Waals surface area contributed by atoms with Gasteiger partial charge in [-0.1, -0.05) is 6.92 Å². The molecule has 0 spiro atoms. The second-order valence-corrected chi connectivity index (χ2v) is 13.0. The van der Waals surface area contributed by atoms with E-state index >= 15 is 0 Å². The van der Waals surface area contributed by atoms with Gasteiger partial charge in [0, 0.05) is 96.4 Å². The standard InChI is InChI=1S/C32H52N6O2/c1-21-23(3)37(19-17-33(7)35-13-9-10-14-35)25(5)27(21)29-31(39)30(32(29)40)28-22(2)24(4)38(26(28)6)20-18-34(8)36-15-11-12-16-36/h21,23,25,27H,9-20H2,1-8H3/p+1. The summed E-state index contributed by atoms with van der Waals surface area (Å²) in [5, 5.41) is 21.1. The number of likely N-dealkylation sites (tertiary alicyclic amines) is 1. The van der Waals surface area contributed by atoms with E-state index in [0.29, 0.717) is 23.1 Å². The van der Waals surface area contributed by atoms with E-state index in [9.17, 15) is 9.90 Å². The minimum atomic E-state index is 0.0567. The predicted octanol–water partition coefficient (Wildman–Crippen LogP) is 3.69. The van der Waals surface area contributed by atoms with E-state index < -0.39 is 0 Å². The first-order chi connectivity index (χ1) is 19.0. The maximum absolute atomic E-state index is 13.9. The molecular weight excluding hydrogens is 500 g/mol. The molecule has 4 heterocycles. The Morgan fingerprint density at radius 1 is 0.850 bits per heavy atom. The van der Waals surface area contributed by atoms with Crippen molar-refractivity contribution in [2.75, 3.05) is 66.5 Å². The van der Waals surface area contributed by atoms with Crippen LogP contribution in [0.2, 0.25) is 0 Å². The summed E-state index contributed by atoms with van der Waals surface area (Å²) >= 11 is 0. The third kappa shape index (κ3) is 5.04. The van der Waals surface area contributed by atoms with Crippen LogP contribution in [-0.4, -0.2) is 125 Å². The van der Waals surface area contributed by atoms with E-state index in [1.165, 1.54) is 31.4 Å². The fraction of sp³-hybridized carbons (Fsp3) is 0.750. The number of ketones is 1. The van der Waals surface area contributed by atoms with Gasteiger partial charge in [0.2, 0.25) is 0 Å². The third-order valence-corrected chi connectivity index (χ3v) is 11.0. The molecule has 0 aromatic carbocycles. The van der Waals surface area contributed by atoms with Crippen molar-refractivity contribution in [3.05, 3.63) is 33.7 Å². The number of likely N-dealkylation sites (N-methyl/N-ethyl adjacent to an activating group) is 2. The lowest BCUT2D eigenvalue weighted by atomic mass is 9.71. The molecule has 4 atom stereocenters. The first-order valence-corrected chi connectivity index (χ1v) is 15.7. The summed E-state index contributed by atoms with van der Waals surface area (Å²) in [5.41, 5.74) is 5.54. The Morgan fingerprint density at radius 2 is 1.40 bits per heavy atom. The molecule has 3 fully saturated rings. The molecule has 0 aromatic heterocycles. The monoisotopic (exact) mass is 553 g/mol. The highest BCUT2D eigenvalue weighted by Gasteiger charge is 2.52. The van der Waals surface area contributed by atoms with E-state index in [2.05, 4.69) is 85.1 Å². The van der Waals surface area contributed by atoms with Gasteiger partial charge in [0.1, 0.15) is 5.76 Å². The molecule has 0 radical (unpaired) electrons. The molecule has 222 valence electrons. The Morgan fingerprint density at radius 3 is 1.95 bits per heavy atom. The first-order valence-electron chi connectivity index (χ1n) is 15.7. The number of hydrogen-bond acceptors (Lipinski definition) is 7. The summed E-state index contributed by atoms with van der Waals surface area (Å²) in [7, 11) is 4.38. The van der Waals surface area contributed by atoms with Crippen LogP contribution in [0.5, 0.6) is 0 Å². The first kappa shape index (κ1) is 29.6. The average Bonchev–Trinajstić information content (AvgIpc) is 3.73. The highest BCUT2D eigenvalue weighted by molar-refractivity contribution is 6.24. The number of hydrogen-bond donors (Lipinski definition) is 1. The lowest BCUT2D eigenvalue weighted by molar-refractivity contribution is -0.476. The third-order valence-electron chi connectivity index (χ3n) is 11.0. The molecule has 0 bridgehead atoms. The Labute approximate surface area is 242 Å². The molecule has 40 heavy (non-hydrogen) atoms. The van der Waals surface area contributed by atoms with Crippen molar-refractivity contribution >= 4 is 11.5 Å². The van der Waals surface area contributed by atoms with Gasteiger partial charge in [0.15, 0.2) is 23.7 Å². The van der Waals surface area contributed by atoms with Gasteiger partial charge in [-0.05, 0) is 52.4 Å². The second-order valence-electron chi connectivity index (χ2n) is 13.0. The predicted molar refractivity (Wildman–Crippen MR) is 161 cm³/mol. The van der Waals surface area contributed by atoms with E-state index in [1.54, 1.807) is 0 Å². The van der Waals surface area contributed by atoms with Crippen LogP contribution in [0.15, 0.2) is 33.7 Å². The summed E-state index contributed by atoms with van der Waals surface area (Å²) in [6.07, 6.45) is 5.11. The number of allylic oxidation sites excluding steroid dienone is 4. The fourth-order valence-electron chi connectivity index (χ4n) is 8.11. The minimum Gasteiger partial charge on any atom is -0.507 e. The minimum absolute atomic E-state index is 0.0567. The van der Waals surface area contributed by atoms with Gasteiger partial charge in [-0.3, -0.25) is 9.69 Å². The molecule has 0 aromatic rings. The zero-order valence-corrected chi connectivity index (χ0v) is 26.3. The normalized spacial score (nSPS) is 32.8. The van der Waals surface area contributed by atoms with Gasteiger partial charge in [-0.15, -0.1) is 0 Å². The van der Waals surface area contributed by atoms with Crippen LogP contribution >= 0.6 is 0 Å². The van der Waals surface area contributed by atoms with Crippen LogP contribution in [0.3, 0.4) is 0 Å². The van der Waals surface area contributed by atoms with Gasteiger partial charge < -0.3 is 5.11 Å². The number of nitrogens with zero attached hydrogens (tertiary/aromatic N) is 6. The summed E-state index contributed by atoms with van der Waals surface area (Å²) in [4.78, 5) is 16.4. The van der Waals surface area contributed by atoms with Crippen LogP contribution in [0, 0.1) is 11.8 Å². The van der Waals surface area contributed by atoms with Gasteiger partial charge in [0.05, 0.1) is 17.7 Å². The maximum atomic E-state index is 13.9. The van der Waals surface area contributed by atoms with Crippen LogP contribution in [0.1, 0.15) is 67.2 Å². The summed E-state index contributed by atoms with van der Waals surface area (Å²) in [6.45, 7) is 21.5. The largest absolute Gasteiger partial charge is 0.507 e. The molecule has 4 aliphatic heterocycles. The van der Waals surface area contributed by atoms with Crippen LogP contribution < -0.4 is 0 Å². The lowest BCUT2D eigenvalue weighted by Crippen LogP contribution is -2.45. The molecule has 5 aliphatic rings. The number of aliphatic hydroxyl groups is 1. The van der Waals surface area contributed by atoms with Gasteiger partial charge >= 0.3 is 0 Å². The smallest absolute Gasteiger partial charge is 0.197 e. The van der Waals surface area contributed by atoms with Gasteiger partial charge in [0.25, 0.3) is 0 Å². The van der Waals surface area contributed by atoms with Crippen molar-refractivity contribution in [1.29, 1.82) is 0 Å². The van der Waals surface area contributed by atoms with Crippen molar-refractivity contribution in [2.45, 2.75) is 79.3 Å². The summed E-state index contributed by atoms with van der Waals surface area (Å²) in [6, 6.07) is 0.581. The van der Waals surface area contributed by atoms with E-state index in [0.717, 1.165) is 69.2 Å². The number of hydrazine groups is 2. The summed E-state index contributed by atoms with van der Waals surface area (Å²) < 4.78 is 2.34. The fourth-order valence-corrected chi connectivity index (χ4v) is 8.11. The van der Waals surface area contributed by atoms with Crippen LogP contribution in [0.4, 0.5) is 0 Å². The Hall–Kier alpha value is -1.84. The molecule has 5 rings (SSSR count). The van der Waals surface area contributed by atoms with Crippen molar-refractivity contribution in [2.24, 2.45) is 11.8 Å². The SMILES string of the molecule is CC1=C(C)[N+](CCN(C)N2CCCC2)=C(C)/C1=C1\C(=O)C(C2C(C)C(C)N(CCN(C)N3CCCC3)C2C)=C1O. The molecule has 0 amide bonds. The van der Waals surface area contributed by atoms with Crippen molar-refractivity contribution < 1.29 is 14.5 Å². The van der Waals surface area contributed by atoms with Crippen molar-refractivity contribution in [3.63, 3.8) is 0 Å². The zero-order valence-electron chi connectivity index (χ0n) is 26.3. The van der Waals surface area contributed by atoms with Crippen molar-refractivity contribution in [3.8, 4) is 0 Å².